The van der Waals surface area contributed by atoms with Crippen molar-refractivity contribution in [3.63, 3.8) is 0 Å². The Balaban J connectivity index is 4.53. The lowest BCUT2D eigenvalue weighted by atomic mass is 9.80. The predicted molar refractivity (Wildman–Crippen MR) is 60.3 cm³/mol. The van der Waals surface area contributed by atoms with Gasteiger partial charge in [0.25, 0.3) is 0 Å². The van der Waals surface area contributed by atoms with E-state index in [1.54, 1.807) is 0 Å². The van der Waals surface area contributed by atoms with E-state index in [4.69, 9.17) is 0 Å². The lowest BCUT2D eigenvalue weighted by molar-refractivity contribution is 0.259. The molecule has 1 nitrogen and oxygen atoms in total. The molecule has 1 unspecified atom stereocenters. The summed E-state index contributed by atoms with van der Waals surface area (Å²) in [6.07, 6.45) is 0. The van der Waals surface area contributed by atoms with Crippen molar-refractivity contribution in [2.45, 2.75) is 34.6 Å². The van der Waals surface area contributed by atoms with E-state index in [1.807, 2.05) is 14.0 Å². The average molecular weight is 181 g/mol. The van der Waals surface area contributed by atoms with E-state index in [0.717, 1.165) is 11.4 Å². The number of nitrogens with zero attached hydrogens (tertiary/aromatic N) is 1. The van der Waals surface area contributed by atoms with Crippen LogP contribution in [0.25, 0.3) is 0 Å². The smallest absolute Gasteiger partial charge is 0.0135 e. The Hall–Kier alpha value is -0.720. The van der Waals surface area contributed by atoms with Crippen LogP contribution < -0.4 is 0 Å². The molecule has 0 saturated heterocycles. The average Bonchev–Trinajstić information content (AvgIpc) is 1.98. The van der Waals surface area contributed by atoms with Crippen LogP contribution in [0.4, 0.5) is 0 Å². The van der Waals surface area contributed by atoms with Gasteiger partial charge >= 0.3 is 0 Å². The van der Waals surface area contributed by atoms with Gasteiger partial charge in [0.05, 0.1) is 0 Å². The highest BCUT2D eigenvalue weighted by Crippen LogP contribution is 2.32. The lowest BCUT2D eigenvalue weighted by Crippen LogP contribution is -2.27. The van der Waals surface area contributed by atoms with Gasteiger partial charge in [0.15, 0.2) is 0 Å². The van der Waals surface area contributed by atoms with Gasteiger partial charge in [0, 0.05) is 24.4 Å². The molecule has 0 aromatic rings. The molecule has 1 atom stereocenters. The molecule has 0 bridgehead atoms. The fourth-order valence-electron chi connectivity index (χ4n) is 1.04. The molecule has 0 aliphatic heterocycles. The van der Waals surface area contributed by atoms with Gasteiger partial charge in [-0.2, -0.15) is 0 Å². The number of allylic oxidation sites excluding steroid dienone is 2. The van der Waals surface area contributed by atoms with E-state index in [0.29, 0.717) is 5.92 Å². The number of hydrogen-bond acceptors (Lipinski definition) is 1. The second-order valence-corrected chi connectivity index (χ2v) is 4.87. The maximum absolute atomic E-state index is 4.11. The van der Waals surface area contributed by atoms with Crippen LogP contribution in [0.2, 0.25) is 0 Å². The topological polar surface area (TPSA) is 3.24 Å². The minimum Gasteiger partial charge on any atom is -0.353 e. The molecule has 0 aromatic heterocycles. The molecule has 0 spiro atoms. The Bertz CT molecular complexity index is 208. The lowest BCUT2D eigenvalue weighted by Gasteiger charge is -2.34. The van der Waals surface area contributed by atoms with Crippen LogP contribution in [0.5, 0.6) is 0 Å². The molecule has 0 aromatic carbocycles. The first kappa shape index (κ1) is 12.3. The van der Waals surface area contributed by atoms with Gasteiger partial charge in [-0.3, -0.25) is 0 Å². The first-order chi connectivity index (χ1) is 5.68. The molecule has 0 radical (unpaired) electrons. The monoisotopic (exact) mass is 181 g/mol. The van der Waals surface area contributed by atoms with Crippen molar-refractivity contribution in [1.82, 2.24) is 4.90 Å². The van der Waals surface area contributed by atoms with Crippen molar-refractivity contribution in [3.05, 3.63) is 24.6 Å². The Morgan fingerprint density at radius 2 is 1.62 bits per heavy atom. The minimum atomic E-state index is 0.265. The summed E-state index contributed by atoms with van der Waals surface area (Å²) in [4.78, 5) is 2.07. The molecular weight excluding hydrogens is 158 g/mol. The summed E-state index contributed by atoms with van der Waals surface area (Å²) >= 11 is 0. The van der Waals surface area contributed by atoms with E-state index in [-0.39, 0.29) is 5.41 Å². The summed E-state index contributed by atoms with van der Waals surface area (Å²) in [6, 6.07) is 0. The van der Waals surface area contributed by atoms with Crippen molar-refractivity contribution in [2.75, 3.05) is 7.05 Å². The highest BCUT2D eigenvalue weighted by Gasteiger charge is 2.24. The van der Waals surface area contributed by atoms with E-state index in [2.05, 4.69) is 45.8 Å². The summed E-state index contributed by atoms with van der Waals surface area (Å²) in [5.41, 5.74) is 2.45. The van der Waals surface area contributed by atoms with Crippen molar-refractivity contribution in [2.24, 2.45) is 11.3 Å². The standard InChI is InChI=1S/C12H23N/c1-9(2)13(8)11(4)10(3)12(5,6)7/h10H,1,4H2,2-3,5-8H3. The van der Waals surface area contributed by atoms with Gasteiger partial charge in [-0.1, -0.05) is 40.9 Å². The van der Waals surface area contributed by atoms with Crippen LogP contribution in [0.1, 0.15) is 34.6 Å². The molecule has 0 aliphatic carbocycles. The SMILES string of the molecule is C=C(C)N(C)C(=C)C(C)C(C)(C)C. The van der Waals surface area contributed by atoms with Crippen LogP contribution in [-0.2, 0) is 0 Å². The van der Waals surface area contributed by atoms with E-state index >= 15 is 0 Å². The molecule has 0 fully saturated rings. The molecule has 0 saturated carbocycles. The summed E-state index contributed by atoms with van der Waals surface area (Å²) < 4.78 is 0. The van der Waals surface area contributed by atoms with Crippen molar-refractivity contribution >= 4 is 0 Å². The minimum absolute atomic E-state index is 0.265. The van der Waals surface area contributed by atoms with E-state index in [9.17, 15) is 0 Å². The first-order valence-corrected chi connectivity index (χ1v) is 4.76. The van der Waals surface area contributed by atoms with Gasteiger partial charge in [-0.25, -0.2) is 0 Å². The molecule has 0 rings (SSSR count). The second kappa shape index (κ2) is 3.99. The normalized spacial score (nSPS) is 13.7. The molecule has 13 heavy (non-hydrogen) atoms. The molecule has 0 aliphatic rings. The highest BCUT2D eigenvalue weighted by atomic mass is 15.1. The maximum Gasteiger partial charge on any atom is 0.0135 e. The van der Waals surface area contributed by atoms with Crippen LogP contribution in [0.3, 0.4) is 0 Å². The fourth-order valence-corrected chi connectivity index (χ4v) is 1.04. The van der Waals surface area contributed by atoms with Gasteiger partial charge < -0.3 is 4.90 Å². The van der Waals surface area contributed by atoms with E-state index < -0.39 is 0 Å². The van der Waals surface area contributed by atoms with Crippen LogP contribution >= 0.6 is 0 Å². The van der Waals surface area contributed by atoms with Gasteiger partial charge in [-0.15, -0.1) is 0 Å². The summed E-state index contributed by atoms with van der Waals surface area (Å²) in [6.45, 7) is 18.9. The van der Waals surface area contributed by atoms with Crippen LogP contribution in [0, 0.1) is 11.3 Å². The molecule has 1 heteroatoms. The highest BCUT2D eigenvalue weighted by molar-refractivity contribution is 5.08. The Morgan fingerprint density at radius 1 is 1.23 bits per heavy atom. The largest absolute Gasteiger partial charge is 0.353 e. The van der Waals surface area contributed by atoms with Gasteiger partial charge in [0.1, 0.15) is 0 Å². The second-order valence-electron chi connectivity index (χ2n) is 4.87. The molecule has 0 amide bonds. The van der Waals surface area contributed by atoms with Crippen LogP contribution in [-0.4, -0.2) is 11.9 Å². The zero-order chi connectivity index (χ0) is 10.8. The molecule has 76 valence electrons. The third-order valence-electron chi connectivity index (χ3n) is 2.80. The number of rotatable bonds is 3. The maximum atomic E-state index is 4.11. The van der Waals surface area contributed by atoms with Crippen molar-refractivity contribution < 1.29 is 0 Å². The van der Waals surface area contributed by atoms with E-state index in [1.165, 1.54) is 0 Å². The predicted octanol–water partition coefficient (Wildman–Crippen LogP) is 3.65. The zero-order valence-corrected chi connectivity index (χ0v) is 9.94. The quantitative estimate of drug-likeness (QED) is 0.642. The summed E-state index contributed by atoms with van der Waals surface area (Å²) in [5, 5.41) is 0. The Labute approximate surface area is 83.1 Å². The first-order valence-electron chi connectivity index (χ1n) is 4.76. The zero-order valence-electron chi connectivity index (χ0n) is 9.94. The molecule has 0 heterocycles. The van der Waals surface area contributed by atoms with Crippen molar-refractivity contribution in [1.29, 1.82) is 0 Å². The number of hydrogen-bond donors (Lipinski definition) is 0. The fraction of sp³-hybridized carbons (Fsp3) is 0.667. The summed E-state index contributed by atoms with van der Waals surface area (Å²) in [5.74, 6) is 0.467. The van der Waals surface area contributed by atoms with Crippen LogP contribution in [0.15, 0.2) is 24.6 Å². The Morgan fingerprint density at radius 3 is 1.85 bits per heavy atom. The Kier molecular flexibility index (Phi) is 3.77. The van der Waals surface area contributed by atoms with Gasteiger partial charge in [-0.05, 0) is 12.3 Å². The third kappa shape index (κ3) is 3.25. The van der Waals surface area contributed by atoms with Crippen molar-refractivity contribution in [3.8, 4) is 0 Å². The third-order valence-corrected chi connectivity index (χ3v) is 2.80. The molecular formula is C12H23N. The van der Waals surface area contributed by atoms with Gasteiger partial charge in [0.2, 0.25) is 0 Å². The molecule has 0 N–H and O–H groups in total. The summed E-state index contributed by atoms with van der Waals surface area (Å²) in [7, 11) is 2.02.